The van der Waals surface area contributed by atoms with E-state index < -0.39 is 101 Å². The zero-order chi connectivity index (χ0) is 33.8. The fourth-order valence-corrected chi connectivity index (χ4v) is 6.94. The van der Waals surface area contributed by atoms with Crippen molar-refractivity contribution in [3.05, 3.63) is 58.9 Å². The van der Waals surface area contributed by atoms with Crippen molar-refractivity contribution in [3.63, 3.8) is 0 Å². The van der Waals surface area contributed by atoms with E-state index in [1.165, 1.54) is 6.07 Å². The fourth-order valence-electron chi connectivity index (χ4n) is 4.63. The molecule has 0 fully saturated rings. The number of amides is 1. The van der Waals surface area contributed by atoms with E-state index in [-0.39, 0.29) is 22.1 Å². The van der Waals surface area contributed by atoms with Gasteiger partial charge in [-0.1, -0.05) is 6.07 Å². The standard InChI is InChI=1S/C25H22N3O14PS2/c1-10(29)18(9-43(33,34)35)28-24(30)11-2-3-12(15(8-11)25(31)32)19-13-4-6-16(26)22(44(36,37)38)20(13)42-21-14(19)5-7-17(27)23(21)45(39,40)41/h2-8,18,26H,9,27H2,1H3,(H,28,30)(H,31,32)(H2,33,34,35)(H,36,37,38)(H,39,40,41). The number of hydrogen-bond acceptors (Lipinski definition) is 11. The predicted molar refractivity (Wildman–Crippen MR) is 154 cm³/mol. The molecule has 45 heavy (non-hydrogen) atoms. The van der Waals surface area contributed by atoms with Crippen LogP contribution in [0.15, 0.2) is 56.7 Å². The number of nitrogens with one attached hydrogen (secondary N) is 2. The van der Waals surface area contributed by atoms with Crippen LogP contribution in [0.2, 0.25) is 0 Å². The van der Waals surface area contributed by atoms with Crippen molar-refractivity contribution in [1.29, 1.82) is 5.41 Å². The number of carbonyl (C=O) groups is 3. The van der Waals surface area contributed by atoms with Gasteiger partial charge in [-0.25, -0.2) is 4.79 Å². The molecule has 1 aliphatic heterocycles. The Kier molecular flexibility index (Phi) is 8.51. The Balaban J connectivity index is 2.10. The molecule has 0 saturated heterocycles. The zero-order valence-electron chi connectivity index (χ0n) is 22.6. The second-order valence-electron chi connectivity index (χ2n) is 9.66. The summed E-state index contributed by atoms with van der Waals surface area (Å²) in [6.07, 6.45) is -1.03. The summed E-state index contributed by atoms with van der Waals surface area (Å²) in [5.41, 5.74) is 2.62. The van der Waals surface area contributed by atoms with Crippen LogP contribution < -0.4 is 16.4 Å². The van der Waals surface area contributed by atoms with Gasteiger partial charge in [-0.3, -0.25) is 28.7 Å². The number of carboxylic acid groups (broad SMARTS) is 1. The number of rotatable bonds is 9. The maximum Gasteiger partial charge on any atom is 0.336 e. The third-order valence-corrected chi connectivity index (χ3v) is 9.21. The highest BCUT2D eigenvalue weighted by atomic mass is 32.2. The molecule has 1 atom stereocenters. The number of ketones is 1. The highest BCUT2D eigenvalue weighted by Crippen LogP contribution is 2.45. The molecule has 17 nitrogen and oxygen atoms in total. The minimum absolute atomic E-state index is 0.235. The average Bonchev–Trinajstić information content (AvgIpc) is 2.88. The molecule has 2 aliphatic rings. The Bertz CT molecular complexity index is 2240. The fraction of sp³-hybridized carbons (Fsp3) is 0.120. The number of nitrogens with two attached hydrogens (primary N) is 1. The number of fused-ring (bicyclic) bond motifs is 2. The summed E-state index contributed by atoms with van der Waals surface area (Å²) < 4.78 is 86.0. The molecular weight excluding hydrogens is 661 g/mol. The lowest BCUT2D eigenvalue weighted by molar-refractivity contribution is -0.118. The lowest BCUT2D eigenvalue weighted by atomic mass is 9.89. The number of anilines is 1. The molecule has 0 radical (unpaired) electrons. The largest absolute Gasteiger partial charge is 0.478 e. The molecule has 1 aliphatic carbocycles. The number of Topliss-reactive ketones (excluding diaryl/α,β-unsaturated/α-hetero) is 1. The van der Waals surface area contributed by atoms with Crippen molar-refractivity contribution in [2.24, 2.45) is 0 Å². The van der Waals surface area contributed by atoms with Gasteiger partial charge in [0, 0.05) is 22.1 Å². The first kappa shape index (κ1) is 33.4. The maximum absolute atomic E-state index is 12.9. The molecule has 1 unspecified atom stereocenters. The van der Waals surface area contributed by atoms with Gasteiger partial charge in [-0.15, -0.1) is 0 Å². The normalized spacial score (nSPS) is 13.1. The molecule has 238 valence electrons. The minimum atomic E-state index is -5.24. The molecular formula is C25H22N3O14PS2. The van der Waals surface area contributed by atoms with Crippen LogP contribution in [0.3, 0.4) is 0 Å². The Labute approximate surface area is 252 Å². The van der Waals surface area contributed by atoms with E-state index in [0.717, 1.165) is 43.3 Å². The lowest BCUT2D eigenvalue weighted by Gasteiger charge is -2.20. The summed E-state index contributed by atoms with van der Waals surface area (Å²) >= 11 is 0. The van der Waals surface area contributed by atoms with Crippen LogP contribution in [0.5, 0.6) is 0 Å². The van der Waals surface area contributed by atoms with Gasteiger partial charge in [0.1, 0.15) is 0 Å². The van der Waals surface area contributed by atoms with E-state index in [0.29, 0.717) is 0 Å². The second-order valence-corrected chi connectivity index (χ2v) is 14.1. The number of aromatic carboxylic acids is 1. The Morgan fingerprint density at radius 3 is 2.11 bits per heavy atom. The van der Waals surface area contributed by atoms with Crippen molar-refractivity contribution in [2.45, 2.75) is 22.8 Å². The van der Waals surface area contributed by atoms with Crippen molar-refractivity contribution >= 4 is 62.1 Å². The van der Waals surface area contributed by atoms with E-state index in [1.807, 2.05) is 0 Å². The highest BCUT2D eigenvalue weighted by molar-refractivity contribution is 7.86. The number of carbonyl (C=O) groups excluding carboxylic acids is 2. The van der Waals surface area contributed by atoms with Crippen LogP contribution in [0.4, 0.5) is 5.69 Å². The van der Waals surface area contributed by atoms with Crippen molar-refractivity contribution in [2.75, 3.05) is 11.9 Å². The summed E-state index contributed by atoms with van der Waals surface area (Å²) in [5.74, 6) is -4.37. The molecule has 0 bridgehead atoms. The molecule has 0 aromatic heterocycles. The number of carboxylic acids is 1. The third-order valence-electron chi connectivity index (χ3n) is 6.51. The highest BCUT2D eigenvalue weighted by Gasteiger charge is 2.32. The monoisotopic (exact) mass is 683 g/mol. The molecule has 1 amide bonds. The van der Waals surface area contributed by atoms with Gasteiger partial charge < -0.3 is 30.4 Å². The van der Waals surface area contributed by atoms with Crippen LogP contribution >= 0.6 is 7.60 Å². The summed E-state index contributed by atoms with van der Waals surface area (Å²) in [6, 6.07) is 5.57. The van der Waals surface area contributed by atoms with Crippen LogP contribution in [0.25, 0.3) is 33.4 Å². The van der Waals surface area contributed by atoms with Crippen LogP contribution in [-0.2, 0) is 29.6 Å². The molecule has 9 N–H and O–H groups in total. The van der Waals surface area contributed by atoms with Crippen molar-refractivity contribution < 1.29 is 64.2 Å². The van der Waals surface area contributed by atoms with Crippen molar-refractivity contribution in [1.82, 2.24) is 5.32 Å². The molecule has 1 heterocycles. The Hall–Kier alpha value is -4.49. The van der Waals surface area contributed by atoms with Gasteiger partial charge in [-0.05, 0) is 48.9 Å². The van der Waals surface area contributed by atoms with E-state index in [9.17, 15) is 59.8 Å². The third kappa shape index (κ3) is 6.64. The first-order chi connectivity index (χ1) is 20.6. The Morgan fingerprint density at radius 2 is 1.58 bits per heavy atom. The van der Waals surface area contributed by atoms with E-state index in [1.54, 1.807) is 0 Å². The average molecular weight is 684 g/mol. The predicted octanol–water partition coefficient (Wildman–Crippen LogP) is 1.32. The second kappa shape index (κ2) is 11.5. The quantitative estimate of drug-likeness (QED) is 0.0534. The number of hydrogen-bond donors (Lipinski definition) is 8. The van der Waals surface area contributed by atoms with E-state index >= 15 is 0 Å². The molecule has 0 spiro atoms. The van der Waals surface area contributed by atoms with Gasteiger partial charge in [0.25, 0.3) is 26.1 Å². The van der Waals surface area contributed by atoms with Gasteiger partial charge >= 0.3 is 13.6 Å². The summed E-state index contributed by atoms with van der Waals surface area (Å²) in [6.45, 7) is 0.972. The Morgan fingerprint density at radius 1 is 0.978 bits per heavy atom. The zero-order valence-corrected chi connectivity index (χ0v) is 25.1. The summed E-state index contributed by atoms with van der Waals surface area (Å²) in [4.78, 5) is 53.6. The first-order valence-corrected chi connectivity index (χ1v) is 16.8. The van der Waals surface area contributed by atoms with E-state index in [2.05, 4.69) is 5.32 Å². The van der Waals surface area contributed by atoms with Crippen LogP contribution in [0.1, 0.15) is 27.6 Å². The topological polar surface area (TPSA) is 313 Å². The number of nitrogen functional groups attached to an aromatic ring is 1. The van der Waals surface area contributed by atoms with Crippen LogP contribution in [0, 0.1) is 5.41 Å². The lowest BCUT2D eigenvalue weighted by Crippen LogP contribution is -2.42. The van der Waals surface area contributed by atoms with Crippen LogP contribution in [-0.4, -0.2) is 70.7 Å². The molecule has 2 aromatic rings. The van der Waals surface area contributed by atoms with Crippen molar-refractivity contribution in [3.8, 4) is 22.5 Å². The molecule has 4 rings (SSSR count). The summed E-state index contributed by atoms with van der Waals surface area (Å²) in [5, 5.41) is 19.2. The molecule has 0 saturated carbocycles. The van der Waals surface area contributed by atoms with Gasteiger partial charge in [0.15, 0.2) is 26.9 Å². The van der Waals surface area contributed by atoms with Gasteiger partial charge in [0.05, 0.1) is 28.8 Å². The van der Waals surface area contributed by atoms with Gasteiger partial charge in [-0.2, -0.15) is 16.8 Å². The van der Waals surface area contributed by atoms with Gasteiger partial charge in [0.2, 0.25) is 0 Å². The summed E-state index contributed by atoms with van der Waals surface area (Å²) in [7, 11) is -15.2. The van der Waals surface area contributed by atoms with E-state index in [4.69, 9.17) is 15.6 Å². The molecule has 2 aromatic carbocycles. The first-order valence-electron chi connectivity index (χ1n) is 12.2. The minimum Gasteiger partial charge on any atom is -0.478 e. The smallest absolute Gasteiger partial charge is 0.336 e. The maximum atomic E-state index is 12.9. The molecule has 20 heteroatoms. The number of benzene rings is 3. The SMILES string of the molecule is CC(=O)C(CP(=O)(O)O)NC(=O)c1ccc(-c2c3ccc(=N)c(S(=O)(=O)O)c-3oc3c(S(=O)(=O)O)c(N)ccc23)c(C(=O)O)c1.